The summed E-state index contributed by atoms with van der Waals surface area (Å²) in [6.45, 7) is 2.49. The van der Waals surface area contributed by atoms with E-state index < -0.39 is 15.7 Å². The van der Waals surface area contributed by atoms with Gasteiger partial charge in [0.15, 0.2) is 9.84 Å². The summed E-state index contributed by atoms with van der Waals surface area (Å²) in [5, 5.41) is 6.77. The molecule has 2 saturated heterocycles. The van der Waals surface area contributed by atoms with Crippen LogP contribution in [0, 0.1) is 5.92 Å². The maximum Gasteiger partial charge on any atom is 0.255 e. The Morgan fingerprint density at radius 2 is 2.00 bits per heavy atom. The van der Waals surface area contributed by atoms with E-state index in [4.69, 9.17) is 16.3 Å². The van der Waals surface area contributed by atoms with E-state index in [1.54, 1.807) is 6.92 Å². The summed E-state index contributed by atoms with van der Waals surface area (Å²) in [4.78, 5) is 13.3. The predicted molar refractivity (Wildman–Crippen MR) is 116 cm³/mol. The van der Waals surface area contributed by atoms with Crippen molar-refractivity contribution < 1.29 is 17.9 Å². The van der Waals surface area contributed by atoms with E-state index in [9.17, 15) is 13.2 Å². The molecule has 160 valence electrons. The van der Waals surface area contributed by atoms with E-state index in [0.717, 1.165) is 24.9 Å². The average molecular weight is 449 g/mol. The van der Waals surface area contributed by atoms with Gasteiger partial charge in [-0.15, -0.1) is 0 Å². The van der Waals surface area contributed by atoms with Crippen molar-refractivity contribution in [3.8, 4) is 5.75 Å². The topological polar surface area (TPSA) is 84.5 Å². The van der Waals surface area contributed by atoms with Crippen molar-refractivity contribution in [2.75, 3.05) is 19.4 Å². The molecule has 5 rings (SSSR count). The van der Waals surface area contributed by atoms with Crippen LogP contribution < -0.4 is 15.4 Å². The lowest BCUT2D eigenvalue weighted by atomic mass is 9.67. The van der Waals surface area contributed by atoms with E-state index in [2.05, 4.69) is 10.6 Å². The minimum absolute atomic E-state index is 0.0442. The number of hydrogen-bond donors (Lipinski definition) is 2. The lowest BCUT2D eigenvalue weighted by Gasteiger charge is -2.44. The average Bonchev–Trinajstić information content (AvgIpc) is 3.34. The largest absolute Gasteiger partial charge is 0.496 e. The fraction of sp³-hybridized carbons (Fsp3) is 0.409. The molecular weight excluding hydrogens is 424 g/mol. The van der Waals surface area contributed by atoms with Gasteiger partial charge in [-0.2, -0.15) is 0 Å². The van der Waals surface area contributed by atoms with Crippen LogP contribution in [0.15, 0.2) is 47.4 Å². The highest BCUT2D eigenvalue weighted by molar-refractivity contribution is 7.91. The van der Waals surface area contributed by atoms with Crippen LogP contribution in [-0.2, 0) is 9.84 Å². The SMILES string of the molecule is CCS(=O)(=O)c1cc(C(=O)NC(c2ccccc2)C23CC(CN2)C3)c(OC)cc1Cl. The van der Waals surface area contributed by atoms with Crippen molar-refractivity contribution in [1.82, 2.24) is 10.6 Å². The Morgan fingerprint density at radius 1 is 1.30 bits per heavy atom. The molecular formula is C22H25ClN2O4S. The first-order valence-corrected chi connectivity index (χ1v) is 12.0. The molecule has 0 spiro atoms. The molecule has 2 aromatic rings. The first-order chi connectivity index (χ1) is 14.3. The Hall–Kier alpha value is -2.09. The molecule has 30 heavy (non-hydrogen) atoms. The minimum Gasteiger partial charge on any atom is -0.496 e. The number of carbonyl (C=O) groups is 1. The Bertz CT molecular complexity index is 1060. The minimum atomic E-state index is -3.59. The molecule has 2 aromatic carbocycles. The van der Waals surface area contributed by atoms with E-state index in [1.165, 1.54) is 19.2 Å². The van der Waals surface area contributed by atoms with Crippen LogP contribution >= 0.6 is 11.6 Å². The molecule has 1 saturated carbocycles. The highest BCUT2D eigenvalue weighted by atomic mass is 35.5. The molecule has 2 aliphatic heterocycles. The molecule has 1 atom stereocenters. The molecule has 2 heterocycles. The van der Waals surface area contributed by atoms with Gasteiger partial charge in [0.05, 0.1) is 34.4 Å². The van der Waals surface area contributed by atoms with Crippen molar-refractivity contribution >= 4 is 27.3 Å². The van der Waals surface area contributed by atoms with Gasteiger partial charge >= 0.3 is 0 Å². The second kappa shape index (κ2) is 7.87. The van der Waals surface area contributed by atoms with Gasteiger partial charge in [0, 0.05) is 11.6 Å². The summed E-state index contributed by atoms with van der Waals surface area (Å²) < 4.78 is 30.2. The molecule has 0 radical (unpaired) electrons. The second-order valence-electron chi connectivity index (χ2n) is 8.01. The van der Waals surface area contributed by atoms with Crippen molar-refractivity contribution in [2.45, 2.75) is 36.2 Å². The molecule has 8 heteroatoms. The van der Waals surface area contributed by atoms with Crippen LogP contribution in [0.1, 0.15) is 41.7 Å². The van der Waals surface area contributed by atoms with Crippen LogP contribution in [0.5, 0.6) is 5.75 Å². The first kappa shape index (κ1) is 21.2. The Balaban J connectivity index is 1.72. The highest BCUT2D eigenvalue weighted by Crippen LogP contribution is 2.50. The molecule has 2 bridgehead atoms. The number of rotatable bonds is 7. The molecule has 3 aliphatic rings. The summed E-state index contributed by atoms with van der Waals surface area (Å²) in [6, 6.07) is 12.3. The number of amides is 1. The lowest BCUT2D eigenvalue weighted by molar-refractivity contribution is 0.0860. The van der Waals surface area contributed by atoms with Crippen molar-refractivity contribution in [3.05, 3.63) is 58.6 Å². The summed E-state index contributed by atoms with van der Waals surface area (Å²) in [5.74, 6) is 0.375. The van der Waals surface area contributed by atoms with Gasteiger partial charge in [-0.25, -0.2) is 8.42 Å². The predicted octanol–water partition coefficient (Wildman–Crippen LogP) is 3.37. The molecule has 2 N–H and O–H groups in total. The molecule has 1 unspecified atom stereocenters. The van der Waals surface area contributed by atoms with Crippen LogP contribution in [0.4, 0.5) is 0 Å². The number of halogens is 1. The number of hydrogen-bond acceptors (Lipinski definition) is 5. The fourth-order valence-electron chi connectivity index (χ4n) is 4.61. The maximum absolute atomic E-state index is 13.3. The normalized spacial score (nSPS) is 23.5. The third kappa shape index (κ3) is 3.59. The summed E-state index contributed by atoms with van der Waals surface area (Å²) in [7, 11) is -2.16. The van der Waals surface area contributed by atoms with Crippen LogP contribution in [0.3, 0.4) is 0 Å². The zero-order valence-corrected chi connectivity index (χ0v) is 18.5. The summed E-state index contributed by atoms with van der Waals surface area (Å²) >= 11 is 6.18. The Kier molecular flexibility index (Phi) is 5.55. The maximum atomic E-state index is 13.3. The van der Waals surface area contributed by atoms with Gasteiger partial charge in [0.25, 0.3) is 5.91 Å². The van der Waals surface area contributed by atoms with Gasteiger partial charge in [-0.3, -0.25) is 4.79 Å². The smallest absolute Gasteiger partial charge is 0.255 e. The number of nitrogens with one attached hydrogen (secondary N) is 2. The number of benzene rings is 2. The monoisotopic (exact) mass is 448 g/mol. The molecule has 3 fully saturated rings. The molecule has 6 nitrogen and oxygen atoms in total. The summed E-state index contributed by atoms with van der Waals surface area (Å²) in [6.07, 6.45) is 2.00. The lowest BCUT2D eigenvalue weighted by Crippen LogP contribution is -2.54. The standard InChI is InChI=1S/C22H25ClN2O4S/c1-3-30(27,28)19-9-16(18(29-2)10-17(19)23)21(26)25-20(15-7-5-4-6-8-15)22-11-14(12-22)13-24-22/h4-10,14,20,24H,3,11-13H2,1-2H3,(H,25,26). The summed E-state index contributed by atoms with van der Waals surface area (Å²) in [5.41, 5.74) is 0.979. The molecule has 0 aromatic heterocycles. The number of fused-ring (bicyclic) bond motifs is 1. The van der Waals surface area contributed by atoms with E-state index >= 15 is 0 Å². The number of sulfone groups is 1. The molecule has 1 amide bonds. The number of ether oxygens (including phenoxy) is 1. The van der Waals surface area contributed by atoms with Crippen molar-refractivity contribution in [3.63, 3.8) is 0 Å². The van der Waals surface area contributed by atoms with Gasteiger partial charge in [0.1, 0.15) is 5.75 Å². The van der Waals surface area contributed by atoms with Gasteiger partial charge in [-0.05, 0) is 36.9 Å². The van der Waals surface area contributed by atoms with Crippen molar-refractivity contribution in [1.29, 1.82) is 0 Å². The first-order valence-electron chi connectivity index (χ1n) is 10.0. The van der Waals surface area contributed by atoms with Crippen LogP contribution in [0.2, 0.25) is 5.02 Å². The van der Waals surface area contributed by atoms with Crippen molar-refractivity contribution in [2.24, 2.45) is 5.92 Å². The third-order valence-corrected chi connectivity index (χ3v) is 8.42. The van der Waals surface area contributed by atoms with E-state index in [1.807, 2.05) is 30.3 Å². The highest BCUT2D eigenvalue weighted by Gasteiger charge is 2.55. The Labute approximate surface area is 181 Å². The fourth-order valence-corrected chi connectivity index (χ4v) is 6.09. The number of methoxy groups -OCH3 is 1. The van der Waals surface area contributed by atoms with Gasteiger partial charge in [-0.1, -0.05) is 48.9 Å². The quantitative estimate of drug-likeness (QED) is 0.678. The third-order valence-electron chi connectivity index (χ3n) is 6.22. The molecule has 1 aliphatic carbocycles. The second-order valence-corrected chi connectivity index (χ2v) is 10.7. The number of carbonyl (C=O) groups excluding carboxylic acids is 1. The van der Waals surface area contributed by atoms with Crippen LogP contribution in [0.25, 0.3) is 0 Å². The van der Waals surface area contributed by atoms with Gasteiger partial charge in [0.2, 0.25) is 0 Å². The zero-order valence-electron chi connectivity index (χ0n) is 16.9. The van der Waals surface area contributed by atoms with E-state index in [0.29, 0.717) is 5.92 Å². The van der Waals surface area contributed by atoms with Crippen LogP contribution in [-0.4, -0.2) is 39.3 Å². The van der Waals surface area contributed by atoms with E-state index in [-0.39, 0.29) is 38.6 Å². The zero-order chi connectivity index (χ0) is 21.5. The Morgan fingerprint density at radius 3 is 2.57 bits per heavy atom. The van der Waals surface area contributed by atoms with Gasteiger partial charge < -0.3 is 15.4 Å².